The highest BCUT2D eigenvalue weighted by Crippen LogP contribution is 2.21. The summed E-state index contributed by atoms with van der Waals surface area (Å²) in [6.07, 6.45) is 3.54. The van der Waals surface area contributed by atoms with E-state index in [1.807, 2.05) is 0 Å². The Balaban J connectivity index is 1.68. The maximum absolute atomic E-state index is 13.4. The topological polar surface area (TPSA) is 47.9 Å². The minimum atomic E-state index is -0.806. The van der Waals surface area contributed by atoms with Crippen LogP contribution in [0, 0.1) is 11.6 Å². The summed E-state index contributed by atoms with van der Waals surface area (Å²) >= 11 is 0. The van der Waals surface area contributed by atoms with Crippen molar-refractivity contribution >= 4 is 0 Å². The number of aliphatic hydroxyl groups is 1. The standard InChI is InChI=1S/C15H20F2O4/c16-13-8-11(9-14(17)12(13)10-18)19-6-3-7-21-15-4-1-2-5-20-15/h8-9,15,18H,1-7,10H2/t15-/m0/s1. The highest BCUT2D eigenvalue weighted by Gasteiger charge is 2.14. The number of aliphatic hydroxyl groups excluding tert-OH is 1. The molecule has 0 spiro atoms. The maximum Gasteiger partial charge on any atom is 0.157 e. The van der Waals surface area contributed by atoms with Crippen molar-refractivity contribution in [1.29, 1.82) is 0 Å². The van der Waals surface area contributed by atoms with E-state index in [1.165, 1.54) is 0 Å². The Morgan fingerprint density at radius 1 is 1.19 bits per heavy atom. The Morgan fingerprint density at radius 3 is 2.57 bits per heavy atom. The second-order valence-electron chi connectivity index (χ2n) is 4.89. The number of halogens is 2. The van der Waals surface area contributed by atoms with Crippen LogP contribution in [-0.4, -0.2) is 31.2 Å². The smallest absolute Gasteiger partial charge is 0.157 e. The van der Waals surface area contributed by atoms with Gasteiger partial charge in [-0.05, 0) is 19.3 Å². The van der Waals surface area contributed by atoms with Crippen LogP contribution in [0.3, 0.4) is 0 Å². The predicted molar refractivity (Wildman–Crippen MR) is 71.9 cm³/mol. The molecule has 1 aromatic carbocycles. The highest BCUT2D eigenvalue weighted by atomic mass is 19.1. The van der Waals surface area contributed by atoms with Gasteiger partial charge in [0, 0.05) is 30.7 Å². The Kier molecular flexibility index (Phi) is 6.35. The summed E-state index contributed by atoms with van der Waals surface area (Å²) in [5, 5.41) is 8.81. The molecular weight excluding hydrogens is 282 g/mol. The lowest BCUT2D eigenvalue weighted by Crippen LogP contribution is -2.23. The molecule has 0 amide bonds. The third-order valence-electron chi connectivity index (χ3n) is 3.27. The monoisotopic (exact) mass is 302 g/mol. The molecule has 0 bridgehead atoms. The lowest BCUT2D eigenvalue weighted by Gasteiger charge is -2.22. The van der Waals surface area contributed by atoms with Crippen LogP contribution in [0.2, 0.25) is 0 Å². The molecule has 118 valence electrons. The summed E-state index contributed by atoms with van der Waals surface area (Å²) in [5.41, 5.74) is -0.347. The molecule has 1 aliphatic rings. The van der Waals surface area contributed by atoms with E-state index >= 15 is 0 Å². The van der Waals surface area contributed by atoms with E-state index in [-0.39, 0.29) is 17.6 Å². The minimum Gasteiger partial charge on any atom is -0.493 e. The zero-order valence-corrected chi connectivity index (χ0v) is 11.8. The SMILES string of the molecule is OCc1c(F)cc(OCCCO[C@H]2CCCCO2)cc1F. The molecule has 21 heavy (non-hydrogen) atoms. The van der Waals surface area contributed by atoms with Crippen molar-refractivity contribution in [3.8, 4) is 5.75 Å². The molecule has 1 saturated heterocycles. The van der Waals surface area contributed by atoms with Crippen LogP contribution >= 0.6 is 0 Å². The average molecular weight is 302 g/mol. The lowest BCUT2D eigenvalue weighted by atomic mass is 10.2. The van der Waals surface area contributed by atoms with Crippen molar-refractivity contribution in [2.24, 2.45) is 0 Å². The summed E-state index contributed by atoms with van der Waals surface area (Å²) in [4.78, 5) is 0. The summed E-state index contributed by atoms with van der Waals surface area (Å²) < 4.78 is 43.0. The van der Waals surface area contributed by atoms with Crippen LogP contribution in [0.15, 0.2) is 12.1 Å². The fourth-order valence-corrected chi connectivity index (χ4v) is 2.12. The Morgan fingerprint density at radius 2 is 1.95 bits per heavy atom. The zero-order chi connectivity index (χ0) is 15.1. The molecule has 1 aliphatic heterocycles. The van der Waals surface area contributed by atoms with Crippen molar-refractivity contribution in [3.05, 3.63) is 29.3 Å². The van der Waals surface area contributed by atoms with E-state index in [0.717, 1.165) is 38.0 Å². The van der Waals surface area contributed by atoms with E-state index in [9.17, 15) is 8.78 Å². The summed E-state index contributed by atoms with van der Waals surface area (Å²) in [6, 6.07) is 2.14. The van der Waals surface area contributed by atoms with Gasteiger partial charge < -0.3 is 19.3 Å². The Bertz CT molecular complexity index is 424. The molecule has 2 rings (SSSR count). The molecule has 6 heteroatoms. The van der Waals surface area contributed by atoms with Gasteiger partial charge in [0.2, 0.25) is 0 Å². The third-order valence-corrected chi connectivity index (χ3v) is 3.27. The van der Waals surface area contributed by atoms with E-state index in [1.54, 1.807) is 0 Å². The summed E-state index contributed by atoms with van der Waals surface area (Å²) in [7, 11) is 0. The van der Waals surface area contributed by atoms with Crippen LogP contribution < -0.4 is 4.74 Å². The molecule has 4 nitrogen and oxygen atoms in total. The predicted octanol–water partition coefficient (Wildman–Crippen LogP) is 2.77. The second kappa shape index (κ2) is 8.26. The van der Waals surface area contributed by atoms with Crippen LogP contribution in [0.25, 0.3) is 0 Å². The van der Waals surface area contributed by atoms with Crippen LogP contribution in [0.5, 0.6) is 5.75 Å². The average Bonchev–Trinajstić information content (AvgIpc) is 2.48. The van der Waals surface area contributed by atoms with Gasteiger partial charge in [-0.2, -0.15) is 0 Å². The Hall–Kier alpha value is -1.24. The number of benzene rings is 1. The van der Waals surface area contributed by atoms with Crippen molar-refractivity contribution in [1.82, 2.24) is 0 Å². The fourth-order valence-electron chi connectivity index (χ4n) is 2.12. The van der Waals surface area contributed by atoms with Crippen molar-refractivity contribution in [3.63, 3.8) is 0 Å². The lowest BCUT2D eigenvalue weighted by molar-refractivity contribution is -0.163. The van der Waals surface area contributed by atoms with Gasteiger partial charge in [0.25, 0.3) is 0 Å². The van der Waals surface area contributed by atoms with Crippen molar-refractivity contribution in [2.45, 2.75) is 38.6 Å². The molecule has 0 saturated carbocycles. The minimum absolute atomic E-state index is 0.108. The van der Waals surface area contributed by atoms with Crippen LogP contribution in [0.1, 0.15) is 31.2 Å². The largest absolute Gasteiger partial charge is 0.493 e. The van der Waals surface area contributed by atoms with E-state index in [4.69, 9.17) is 19.3 Å². The number of rotatable bonds is 7. The fraction of sp³-hybridized carbons (Fsp3) is 0.600. The second-order valence-corrected chi connectivity index (χ2v) is 4.89. The molecule has 0 unspecified atom stereocenters. The number of hydrogen-bond acceptors (Lipinski definition) is 4. The van der Waals surface area contributed by atoms with Gasteiger partial charge in [-0.15, -0.1) is 0 Å². The van der Waals surface area contributed by atoms with E-state index < -0.39 is 18.2 Å². The van der Waals surface area contributed by atoms with Gasteiger partial charge in [0.05, 0.1) is 19.8 Å². The maximum atomic E-state index is 13.4. The van der Waals surface area contributed by atoms with Gasteiger partial charge in [0.15, 0.2) is 6.29 Å². The van der Waals surface area contributed by atoms with E-state index in [0.29, 0.717) is 19.6 Å². The van der Waals surface area contributed by atoms with Gasteiger partial charge in [-0.1, -0.05) is 0 Å². The molecule has 0 aromatic heterocycles. The highest BCUT2D eigenvalue weighted by molar-refractivity contribution is 5.30. The third kappa shape index (κ3) is 4.91. The molecular formula is C15H20F2O4. The first-order chi connectivity index (χ1) is 10.2. The molecule has 0 radical (unpaired) electrons. The summed E-state index contributed by atoms with van der Waals surface area (Å²) in [5.74, 6) is -1.50. The summed E-state index contributed by atoms with van der Waals surface area (Å²) in [6.45, 7) is 0.832. The number of hydrogen-bond donors (Lipinski definition) is 1. The first-order valence-corrected chi connectivity index (χ1v) is 7.15. The molecule has 1 N–H and O–H groups in total. The van der Waals surface area contributed by atoms with Crippen molar-refractivity contribution in [2.75, 3.05) is 19.8 Å². The normalized spacial score (nSPS) is 18.7. The van der Waals surface area contributed by atoms with Gasteiger partial charge in [-0.25, -0.2) is 8.78 Å². The molecule has 1 heterocycles. The van der Waals surface area contributed by atoms with Crippen LogP contribution in [-0.2, 0) is 16.1 Å². The number of ether oxygens (including phenoxy) is 3. The first kappa shape index (κ1) is 16.1. The van der Waals surface area contributed by atoms with Crippen molar-refractivity contribution < 1.29 is 28.1 Å². The molecule has 0 aliphatic carbocycles. The van der Waals surface area contributed by atoms with Gasteiger partial charge >= 0.3 is 0 Å². The quantitative estimate of drug-likeness (QED) is 0.787. The Labute approximate surface area is 122 Å². The first-order valence-electron chi connectivity index (χ1n) is 7.15. The van der Waals surface area contributed by atoms with Crippen LogP contribution in [0.4, 0.5) is 8.78 Å². The molecule has 1 aromatic rings. The van der Waals surface area contributed by atoms with E-state index in [2.05, 4.69) is 0 Å². The zero-order valence-electron chi connectivity index (χ0n) is 11.8. The molecule has 1 atom stereocenters. The molecule has 1 fully saturated rings. The van der Waals surface area contributed by atoms with Gasteiger partial charge in [-0.3, -0.25) is 0 Å². The van der Waals surface area contributed by atoms with Gasteiger partial charge in [0.1, 0.15) is 17.4 Å².